The highest BCUT2D eigenvalue weighted by Crippen LogP contribution is 2.31. The van der Waals surface area contributed by atoms with Gasteiger partial charge in [-0.25, -0.2) is 23.1 Å². The maximum absolute atomic E-state index is 12.1. The molecule has 0 radical (unpaired) electrons. The Balaban J connectivity index is 1.68. The van der Waals surface area contributed by atoms with Gasteiger partial charge in [0.1, 0.15) is 11.3 Å². The number of nitrogens with zero attached hydrogens (tertiary/aromatic N) is 3. The normalized spacial score (nSPS) is 11.8. The summed E-state index contributed by atoms with van der Waals surface area (Å²) < 4.78 is 32.3. The summed E-state index contributed by atoms with van der Waals surface area (Å²) in [6.45, 7) is -0.321. The monoisotopic (exact) mass is 411 g/mol. The maximum atomic E-state index is 12.1. The maximum Gasteiger partial charge on any atom is 0.240 e. The number of nitrogens with one attached hydrogen (secondary N) is 1. The van der Waals surface area contributed by atoms with Crippen LogP contribution in [0.1, 0.15) is 0 Å². The first kappa shape index (κ1) is 19.0. The molecule has 0 aliphatic heterocycles. The Kier molecular flexibility index (Phi) is 4.97. The van der Waals surface area contributed by atoms with Gasteiger partial charge in [0, 0.05) is 30.6 Å². The van der Waals surface area contributed by atoms with Crippen LogP contribution in [0.5, 0.6) is 0 Å². The lowest BCUT2D eigenvalue weighted by Crippen LogP contribution is -2.26. The Morgan fingerprint density at radius 1 is 1.10 bits per heavy atom. The molecule has 0 saturated heterocycles. The summed E-state index contributed by atoms with van der Waals surface area (Å²) in [6, 6.07) is 9.80. The predicted molar refractivity (Wildman–Crippen MR) is 107 cm³/mol. The van der Waals surface area contributed by atoms with Gasteiger partial charge in [0.2, 0.25) is 15.9 Å². The van der Waals surface area contributed by atoms with Crippen molar-refractivity contribution in [2.24, 2.45) is 0 Å². The summed E-state index contributed by atoms with van der Waals surface area (Å²) in [7, 11) is -3.67. The Morgan fingerprint density at radius 2 is 1.90 bits per heavy atom. The molecule has 3 heterocycles. The molecule has 0 spiro atoms. The van der Waals surface area contributed by atoms with Crippen LogP contribution < -0.4 is 10.5 Å². The van der Waals surface area contributed by atoms with Gasteiger partial charge >= 0.3 is 0 Å². The molecule has 0 unspecified atom stereocenters. The minimum absolute atomic E-state index is 0.0463. The minimum Gasteiger partial charge on any atom is -0.436 e. The van der Waals surface area contributed by atoms with Crippen LogP contribution in [0.25, 0.3) is 33.7 Å². The van der Waals surface area contributed by atoms with Crippen molar-refractivity contribution in [2.45, 2.75) is 4.90 Å². The highest BCUT2D eigenvalue weighted by Gasteiger charge is 2.16. The Labute approximate surface area is 166 Å². The Morgan fingerprint density at radius 3 is 2.62 bits per heavy atom. The number of rotatable bonds is 6. The van der Waals surface area contributed by atoms with Crippen LogP contribution in [0.4, 0.5) is 5.82 Å². The summed E-state index contributed by atoms with van der Waals surface area (Å²) in [5.74, 6) is 0.591. The lowest BCUT2D eigenvalue weighted by Gasteiger charge is -2.08. The van der Waals surface area contributed by atoms with Crippen LogP contribution in [0.2, 0.25) is 0 Å². The molecule has 0 saturated carbocycles. The molecule has 0 amide bonds. The number of benzene rings is 1. The zero-order valence-corrected chi connectivity index (χ0v) is 15.9. The first-order chi connectivity index (χ1) is 14.0. The number of hydrogen-bond donors (Lipinski definition) is 3. The van der Waals surface area contributed by atoms with Crippen molar-refractivity contribution in [1.82, 2.24) is 19.7 Å². The molecule has 10 heteroatoms. The second kappa shape index (κ2) is 7.59. The van der Waals surface area contributed by atoms with Gasteiger partial charge in [-0.1, -0.05) is 12.1 Å². The fraction of sp³-hybridized carbons (Fsp3) is 0.105. The molecule has 0 aliphatic carbocycles. The second-order valence-corrected chi connectivity index (χ2v) is 7.93. The van der Waals surface area contributed by atoms with Gasteiger partial charge in [-0.2, -0.15) is 0 Å². The fourth-order valence-corrected chi connectivity index (χ4v) is 3.81. The topological polar surface area (TPSA) is 144 Å². The van der Waals surface area contributed by atoms with E-state index in [-0.39, 0.29) is 23.9 Å². The van der Waals surface area contributed by atoms with Crippen molar-refractivity contribution in [3.8, 4) is 22.6 Å². The Bertz CT molecular complexity index is 1240. The van der Waals surface area contributed by atoms with E-state index < -0.39 is 10.0 Å². The number of pyridine rings is 2. The SMILES string of the molecule is Nc1ncc(-c2ccc(S(=O)(=O)NCCO)cc2)cc1-c1nc2cnccc2o1. The summed E-state index contributed by atoms with van der Waals surface area (Å²) in [6.07, 6.45) is 4.80. The number of aliphatic hydroxyl groups is 1. The van der Waals surface area contributed by atoms with Crippen LogP contribution in [0, 0.1) is 0 Å². The number of nitrogen functional groups attached to an aromatic ring is 1. The molecule has 4 rings (SSSR count). The van der Waals surface area contributed by atoms with Gasteiger partial charge in [0.15, 0.2) is 5.58 Å². The summed E-state index contributed by atoms with van der Waals surface area (Å²) in [4.78, 5) is 12.7. The van der Waals surface area contributed by atoms with E-state index in [1.807, 2.05) is 0 Å². The minimum atomic E-state index is -3.67. The highest BCUT2D eigenvalue weighted by atomic mass is 32.2. The van der Waals surface area contributed by atoms with Crippen LogP contribution in [-0.2, 0) is 10.0 Å². The molecule has 0 atom stereocenters. The number of oxazole rings is 1. The average Bonchev–Trinajstić information content (AvgIpc) is 3.17. The number of anilines is 1. The number of sulfonamides is 1. The summed E-state index contributed by atoms with van der Waals surface area (Å²) in [5, 5.41) is 8.80. The zero-order valence-electron chi connectivity index (χ0n) is 15.1. The van der Waals surface area contributed by atoms with E-state index in [0.29, 0.717) is 22.6 Å². The van der Waals surface area contributed by atoms with Gasteiger partial charge in [-0.15, -0.1) is 0 Å². The van der Waals surface area contributed by atoms with Crippen LogP contribution in [-0.4, -0.2) is 41.6 Å². The van der Waals surface area contributed by atoms with Gasteiger partial charge in [0.25, 0.3) is 0 Å². The van der Waals surface area contributed by atoms with Crippen molar-refractivity contribution in [3.05, 3.63) is 55.0 Å². The molecule has 0 aliphatic rings. The van der Waals surface area contributed by atoms with Crippen LogP contribution in [0.3, 0.4) is 0 Å². The van der Waals surface area contributed by atoms with E-state index in [1.54, 1.807) is 42.9 Å². The zero-order chi connectivity index (χ0) is 20.4. The standard InChI is InChI=1S/C19H17N5O4S/c20-18-15(19-24-16-11-21-6-5-17(16)28-19)9-13(10-22-18)12-1-3-14(4-2-12)29(26,27)23-7-8-25/h1-6,9-11,23,25H,7-8H2,(H2,20,22). The first-order valence-corrected chi connectivity index (χ1v) is 10.1. The third-order valence-electron chi connectivity index (χ3n) is 4.24. The molecule has 29 heavy (non-hydrogen) atoms. The van der Waals surface area contributed by atoms with E-state index in [9.17, 15) is 8.42 Å². The number of fused-ring (bicyclic) bond motifs is 1. The van der Waals surface area contributed by atoms with Crippen molar-refractivity contribution in [1.29, 1.82) is 0 Å². The van der Waals surface area contributed by atoms with Crippen LogP contribution in [0.15, 0.2) is 64.3 Å². The average molecular weight is 411 g/mol. The fourth-order valence-electron chi connectivity index (χ4n) is 2.79. The molecule has 3 aromatic heterocycles. The molecule has 4 aromatic rings. The number of hydrogen-bond acceptors (Lipinski definition) is 8. The molecule has 1 aromatic carbocycles. The summed E-state index contributed by atoms with van der Waals surface area (Å²) >= 11 is 0. The van der Waals surface area contributed by atoms with Gasteiger partial charge in [-0.05, 0) is 23.8 Å². The number of nitrogens with two attached hydrogens (primary N) is 1. The largest absolute Gasteiger partial charge is 0.436 e. The molecule has 0 fully saturated rings. The van der Waals surface area contributed by atoms with Crippen molar-refractivity contribution in [2.75, 3.05) is 18.9 Å². The lowest BCUT2D eigenvalue weighted by molar-refractivity contribution is 0.301. The second-order valence-electron chi connectivity index (χ2n) is 6.16. The molecule has 4 N–H and O–H groups in total. The first-order valence-electron chi connectivity index (χ1n) is 8.65. The van der Waals surface area contributed by atoms with E-state index in [2.05, 4.69) is 19.7 Å². The summed E-state index contributed by atoms with van der Waals surface area (Å²) in [5.41, 5.74) is 9.21. The highest BCUT2D eigenvalue weighted by molar-refractivity contribution is 7.89. The van der Waals surface area contributed by atoms with E-state index in [1.165, 1.54) is 12.1 Å². The van der Waals surface area contributed by atoms with Gasteiger partial charge in [0.05, 0.1) is 23.3 Å². The molecule has 0 bridgehead atoms. The number of aliphatic hydroxyl groups excluding tert-OH is 1. The van der Waals surface area contributed by atoms with Crippen molar-refractivity contribution < 1.29 is 17.9 Å². The third-order valence-corrected chi connectivity index (χ3v) is 5.72. The quantitative estimate of drug-likeness (QED) is 0.436. The molecule has 148 valence electrons. The van der Waals surface area contributed by atoms with Crippen molar-refractivity contribution >= 4 is 26.9 Å². The predicted octanol–water partition coefficient (Wildman–Crippen LogP) is 1.80. The van der Waals surface area contributed by atoms with Gasteiger partial charge in [-0.3, -0.25) is 4.98 Å². The van der Waals surface area contributed by atoms with Crippen molar-refractivity contribution in [3.63, 3.8) is 0 Å². The molecular formula is C19H17N5O4S. The molecule has 9 nitrogen and oxygen atoms in total. The van der Waals surface area contributed by atoms with E-state index >= 15 is 0 Å². The smallest absolute Gasteiger partial charge is 0.240 e. The Hall–Kier alpha value is -3.34. The van der Waals surface area contributed by atoms with E-state index in [0.717, 1.165) is 11.1 Å². The van der Waals surface area contributed by atoms with Crippen LogP contribution >= 0.6 is 0 Å². The number of aromatic nitrogens is 3. The molecular weight excluding hydrogens is 394 g/mol. The lowest BCUT2D eigenvalue weighted by atomic mass is 10.1. The third kappa shape index (κ3) is 3.81. The van der Waals surface area contributed by atoms with Gasteiger partial charge < -0.3 is 15.3 Å². The van der Waals surface area contributed by atoms with E-state index in [4.69, 9.17) is 15.3 Å².